The Bertz CT molecular complexity index is 715. The van der Waals surface area contributed by atoms with Crippen LogP contribution in [0.25, 0.3) is 0 Å². The van der Waals surface area contributed by atoms with Crippen LogP contribution in [-0.2, 0) is 17.8 Å². The minimum absolute atomic E-state index is 0.331. The van der Waals surface area contributed by atoms with Crippen LogP contribution in [0.5, 0.6) is 0 Å². The molecular formula is C16H19BrN4O2S. The molecule has 0 atom stereocenters. The molecule has 0 saturated carbocycles. The van der Waals surface area contributed by atoms with Crippen LogP contribution in [0.2, 0.25) is 0 Å². The second-order valence-corrected chi connectivity index (χ2v) is 6.12. The Morgan fingerprint density at radius 2 is 2.04 bits per heavy atom. The molecule has 0 bridgehead atoms. The molecule has 2 N–H and O–H groups in total. The molecule has 0 aliphatic rings. The molecule has 6 nitrogen and oxygen atoms in total. The van der Waals surface area contributed by atoms with E-state index in [1.165, 1.54) is 0 Å². The summed E-state index contributed by atoms with van der Waals surface area (Å²) in [5, 5.41) is 11.0. The summed E-state index contributed by atoms with van der Waals surface area (Å²) in [4.78, 5) is 11.6. The number of rotatable bonds is 6. The number of hydrogen-bond acceptors (Lipinski definition) is 4. The van der Waals surface area contributed by atoms with E-state index in [9.17, 15) is 4.79 Å². The Morgan fingerprint density at radius 1 is 1.33 bits per heavy atom. The number of nitrogens with one attached hydrogen (secondary N) is 2. The lowest BCUT2D eigenvalue weighted by atomic mass is 10.2. The van der Waals surface area contributed by atoms with Crippen molar-refractivity contribution in [3.8, 4) is 0 Å². The Balaban J connectivity index is 1.90. The monoisotopic (exact) mass is 410 g/mol. The summed E-state index contributed by atoms with van der Waals surface area (Å²) in [6.07, 6.45) is 1.77. The van der Waals surface area contributed by atoms with Gasteiger partial charge in [-0.15, -0.1) is 0 Å². The number of benzene rings is 1. The van der Waals surface area contributed by atoms with E-state index in [1.807, 2.05) is 11.6 Å². The zero-order chi connectivity index (χ0) is 17.5. The Labute approximate surface area is 154 Å². The highest BCUT2D eigenvalue weighted by Crippen LogP contribution is 2.16. The standard InChI is InChI=1S/C16H19BrN4O2S/c1-3-21-14(13(17)9-19-21)10-18-16(24)20-12-7-5-11(6-8-12)15(22)23-4-2/h5-9H,3-4,10H2,1-2H3,(H2,18,20,24). The van der Waals surface area contributed by atoms with Crippen LogP contribution in [0.4, 0.5) is 5.69 Å². The fourth-order valence-electron chi connectivity index (χ4n) is 2.08. The lowest BCUT2D eigenvalue weighted by Crippen LogP contribution is -2.29. The van der Waals surface area contributed by atoms with Gasteiger partial charge in [0, 0.05) is 12.2 Å². The van der Waals surface area contributed by atoms with E-state index < -0.39 is 0 Å². The lowest BCUT2D eigenvalue weighted by molar-refractivity contribution is 0.0526. The smallest absolute Gasteiger partial charge is 0.338 e. The molecule has 0 unspecified atom stereocenters. The van der Waals surface area contributed by atoms with Crippen molar-refractivity contribution in [1.29, 1.82) is 0 Å². The van der Waals surface area contributed by atoms with Gasteiger partial charge < -0.3 is 15.4 Å². The molecule has 2 aromatic rings. The molecular weight excluding hydrogens is 392 g/mol. The maximum Gasteiger partial charge on any atom is 0.338 e. The summed E-state index contributed by atoms with van der Waals surface area (Å²) in [5.41, 5.74) is 2.33. The molecule has 2 rings (SSSR count). The van der Waals surface area contributed by atoms with Gasteiger partial charge in [0.15, 0.2) is 5.11 Å². The van der Waals surface area contributed by atoms with Gasteiger partial charge in [0.05, 0.1) is 35.1 Å². The van der Waals surface area contributed by atoms with Crippen molar-refractivity contribution < 1.29 is 9.53 Å². The summed E-state index contributed by atoms with van der Waals surface area (Å²) >= 11 is 8.78. The third-order valence-corrected chi connectivity index (χ3v) is 4.18. The predicted molar refractivity (Wildman–Crippen MR) is 101 cm³/mol. The van der Waals surface area contributed by atoms with Crippen LogP contribution in [0, 0.1) is 0 Å². The predicted octanol–water partition coefficient (Wildman–Crippen LogP) is 3.33. The van der Waals surface area contributed by atoms with E-state index in [0.717, 1.165) is 22.4 Å². The number of thiocarbonyl (C=S) groups is 1. The maximum absolute atomic E-state index is 11.6. The van der Waals surface area contributed by atoms with Crippen LogP contribution in [0.15, 0.2) is 34.9 Å². The minimum Gasteiger partial charge on any atom is -0.462 e. The highest BCUT2D eigenvalue weighted by Gasteiger charge is 2.09. The fraction of sp³-hybridized carbons (Fsp3) is 0.312. The van der Waals surface area contributed by atoms with E-state index >= 15 is 0 Å². The highest BCUT2D eigenvalue weighted by atomic mass is 79.9. The van der Waals surface area contributed by atoms with Crippen molar-refractivity contribution in [1.82, 2.24) is 15.1 Å². The van der Waals surface area contributed by atoms with Gasteiger partial charge in [0.25, 0.3) is 0 Å². The quantitative estimate of drug-likeness (QED) is 0.562. The van der Waals surface area contributed by atoms with E-state index in [4.69, 9.17) is 17.0 Å². The molecule has 0 aliphatic carbocycles. The van der Waals surface area contributed by atoms with Gasteiger partial charge in [-0.3, -0.25) is 4.68 Å². The summed E-state index contributed by atoms with van der Waals surface area (Å²) in [5.74, 6) is -0.331. The first-order chi connectivity index (χ1) is 11.5. The van der Waals surface area contributed by atoms with Crippen molar-refractivity contribution in [2.45, 2.75) is 26.9 Å². The zero-order valence-electron chi connectivity index (χ0n) is 13.5. The first-order valence-electron chi connectivity index (χ1n) is 7.57. The number of anilines is 1. The van der Waals surface area contributed by atoms with Crippen molar-refractivity contribution in [2.75, 3.05) is 11.9 Å². The van der Waals surface area contributed by atoms with Gasteiger partial charge >= 0.3 is 5.97 Å². The number of carbonyl (C=O) groups excluding carboxylic acids is 1. The van der Waals surface area contributed by atoms with Crippen LogP contribution < -0.4 is 10.6 Å². The SMILES string of the molecule is CCOC(=O)c1ccc(NC(=S)NCc2c(Br)cnn2CC)cc1. The van der Waals surface area contributed by atoms with Gasteiger partial charge in [-0.1, -0.05) is 0 Å². The number of nitrogens with zero attached hydrogens (tertiary/aromatic N) is 2. The largest absolute Gasteiger partial charge is 0.462 e. The first-order valence-corrected chi connectivity index (χ1v) is 8.77. The van der Waals surface area contributed by atoms with Crippen molar-refractivity contribution in [3.05, 3.63) is 46.2 Å². The maximum atomic E-state index is 11.6. The van der Waals surface area contributed by atoms with Crippen molar-refractivity contribution in [3.63, 3.8) is 0 Å². The number of halogens is 1. The molecule has 0 saturated heterocycles. The third-order valence-electron chi connectivity index (χ3n) is 3.27. The lowest BCUT2D eigenvalue weighted by Gasteiger charge is -2.12. The van der Waals surface area contributed by atoms with Gasteiger partial charge in [-0.2, -0.15) is 5.10 Å². The molecule has 0 spiro atoms. The molecule has 1 aromatic heterocycles. The van der Waals surface area contributed by atoms with Crippen LogP contribution in [-0.4, -0.2) is 27.5 Å². The number of ether oxygens (including phenoxy) is 1. The van der Waals surface area contributed by atoms with E-state index in [-0.39, 0.29) is 5.97 Å². The molecule has 1 heterocycles. The summed E-state index contributed by atoms with van der Waals surface area (Å²) in [6, 6.07) is 6.97. The molecule has 0 fully saturated rings. The normalized spacial score (nSPS) is 10.3. The van der Waals surface area contributed by atoms with Gasteiger partial charge in [-0.05, 0) is 66.3 Å². The molecule has 1 aromatic carbocycles. The van der Waals surface area contributed by atoms with Gasteiger partial charge in [0.1, 0.15) is 0 Å². The van der Waals surface area contributed by atoms with Crippen LogP contribution in [0.3, 0.4) is 0 Å². The topological polar surface area (TPSA) is 68.2 Å². The second kappa shape index (κ2) is 8.79. The summed E-state index contributed by atoms with van der Waals surface area (Å²) in [6.45, 7) is 5.52. The summed E-state index contributed by atoms with van der Waals surface area (Å²) < 4.78 is 7.79. The number of esters is 1. The molecule has 128 valence electrons. The average Bonchev–Trinajstić information content (AvgIpc) is 2.94. The fourth-order valence-corrected chi connectivity index (χ4v) is 2.71. The second-order valence-electron chi connectivity index (χ2n) is 4.86. The third kappa shape index (κ3) is 4.78. The van der Waals surface area contributed by atoms with E-state index in [1.54, 1.807) is 37.4 Å². The van der Waals surface area contributed by atoms with Crippen LogP contribution >= 0.6 is 28.1 Å². The first kappa shape index (κ1) is 18.4. The number of hydrogen-bond donors (Lipinski definition) is 2. The highest BCUT2D eigenvalue weighted by molar-refractivity contribution is 9.10. The van der Waals surface area contributed by atoms with Crippen molar-refractivity contribution >= 4 is 44.9 Å². The number of aromatic nitrogens is 2. The Hall–Kier alpha value is -1.93. The average molecular weight is 411 g/mol. The number of carbonyl (C=O) groups is 1. The Kier molecular flexibility index (Phi) is 6.74. The molecule has 24 heavy (non-hydrogen) atoms. The van der Waals surface area contributed by atoms with E-state index in [2.05, 4.69) is 31.7 Å². The Morgan fingerprint density at radius 3 is 2.67 bits per heavy atom. The zero-order valence-corrected chi connectivity index (χ0v) is 15.9. The molecule has 8 heteroatoms. The van der Waals surface area contributed by atoms with Gasteiger partial charge in [-0.25, -0.2) is 4.79 Å². The van der Waals surface area contributed by atoms with E-state index in [0.29, 0.717) is 23.8 Å². The van der Waals surface area contributed by atoms with Gasteiger partial charge in [0.2, 0.25) is 0 Å². The number of aryl methyl sites for hydroxylation is 1. The van der Waals surface area contributed by atoms with Crippen LogP contribution in [0.1, 0.15) is 29.9 Å². The van der Waals surface area contributed by atoms with Crippen molar-refractivity contribution in [2.24, 2.45) is 0 Å². The molecule has 0 aliphatic heterocycles. The summed E-state index contributed by atoms with van der Waals surface area (Å²) in [7, 11) is 0. The molecule has 0 radical (unpaired) electrons. The molecule has 0 amide bonds. The minimum atomic E-state index is -0.331.